The molecule has 2 rings (SSSR count). The molecule has 0 spiro atoms. The third-order valence-electron chi connectivity index (χ3n) is 2.63. The van der Waals surface area contributed by atoms with Gasteiger partial charge in [-0.15, -0.1) is 10.2 Å². The summed E-state index contributed by atoms with van der Waals surface area (Å²) >= 11 is 0. The van der Waals surface area contributed by atoms with Gasteiger partial charge in [0.25, 0.3) is 11.4 Å². The average Bonchev–Trinajstić information content (AvgIpc) is 2.81. The van der Waals surface area contributed by atoms with Gasteiger partial charge in [0.1, 0.15) is 12.0 Å². The Kier molecular flexibility index (Phi) is 3.55. The van der Waals surface area contributed by atoms with Gasteiger partial charge >= 0.3 is 0 Å². The Bertz CT molecular complexity index is 668. The molecule has 1 aromatic carbocycles. The smallest absolute Gasteiger partial charge is 0.299 e. The third kappa shape index (κ3) is 2.68. The highest BCUT2D eigenvalue weighted by atomic mass is 16.6. The Balaban J connectivity index is 2.25. The molecule has 0 unspecified atom stereocenters. The number of nitrogens with one attached hydrogen (secondary N) is 1. The normalized spacial score (nSPS) is 10.2. The number of hydrogen-bond acceptors (Lipinski definition) is 7. The van der Waals surface area contributed by atoms with Gasteiger partial charge in [-0.1, -0.05) is 0 Å². The standard InChI is InChI=1S/C10H10N6O4/c1-14-6-12-13-10(14)5-11-8-3-2-7(15(17)18)4-9(8)16(19)20/h2-4,6,11H,5H2,1H3. The van der Waals surface area contributed by atoms with E-state index in [-0.39, 0.29) is 23.6 Å². The Hall–Kier alpha value is -3.04. The molecule has 2 aromatic rings. The van der Waals surface area contributed by atoms with Gasteiger partial charge in [0.2, 0.25) is 0 Å². The van der Waals surface area contributed by atoms with Gasteiger partial charge in [-0.05, 0) is 6.07 Å². The first-order valence-electron chi connectivity index (χ1n) is 5.48. The minimum absolute atomic E-state index is 0.184. The van der Waals surface area contributed by atoms with Crippen molar-refractivity contribution in [2.45, 2.75) is 6.54 Å². The quantitative estimate of drug-likeness (QED) is 0.643. The lowest BCUT2D eigenvalue weighted by molar-refractivity contribution is -0.393. The van der Waals surface area contributed by atoms with E-state index in [0.29, 0.717) is 5.82 Å². The first-order chi connectivity index (χ1) is 9.49. The summed E-state index contributed by atoms with van der Waals surface area (Å²) in [6.45, 7) is 0.217. The van der Waals surface area contributed by atoms with Gasteiger partial charge in [0, 0.05) is 13.1 Å². The van der Waals surface area contributed by atoms with Gasteiger partial charge in [-0.25, -0.2) is 0 Å². The Morgan fingerprint density at radius 3 is 2.60 bits per heavy atom. The first-order valence-corrected chi connectivity index (χ1v) is 5.48. The van der Waals surface area contributed by atoms with E-state index in [1.54, 1.807) is 11.6 Å². The van der Waals surface area contributed by atoms with Crippen molar-refractivity contribution in [3.05, 3.63) is 50.6 Å². The van der Waals surface area contributed by atoms with Crippen LogP contribution < -0.4 is 5.32 Å². The predicted molar refractivity (Wildman–Crippen MR) is 68.1 cm³/mol. The lowest BCUT2D eigenvalue weighted by atomic mass is 10.2. The Morgan fingerprint density at radius 2 is 2.05 bits per heavy atom. The largest absolute Gasteiger partial charge is 0.372 e. The second kappa shape index (κ2) is 5.30. The fraction of sp³-hybridized carbons (Fsp3) is 0.200. The van der Waals surface area contributed by atoms with E-state index in [4.69, 9.17) is 0 Å². The molecule has 10 heteroatoms. The molecule has 0 aliphatic rings. The van der Waals surface area contributed by atoms with Crippen molar-refractivity contribution in [3.8, 4) is 0 Å². The zero-order valence-electron chi connectivity index (χ0n) is 10.4. The summed E-state index contributed by atoms with van der Waals surface area (Å²) in [5.41, 5.74) is -0.508. The molecule has 0 aliphatic carbocycles. The Morgan fingerprint density at radius 1 is 1.30 bits per heavy atom. The minimum Gasteiger partial charge on any atom is -0.372 e. The Labute approximate surface area is 112 Å². The zero-order chi connectivity index (χ0) is 14.7. The van der Waals surface area contributed by atoms with Crippen molar-refractivity contribution in [2.75, 3.05) is 5.32 Å². The number of anilines is 1. The van der Waals surface area contributed by atoms with Crippen LogP contribution >= 0.6 is 0 Å². The highest BCUT2D eigenvalue weighted by molar-refractivity contribution is 5.65. The number of hydrogen-bond donors (Lipinski definition) is 1. The molecule has 0 fully saturated rings. The maximum absolute atomic E-state index is 10.9. The average molecular weight is 278 g/mol. The van der Waals surface area contributed by atoms with Gasteiger partial charge < -0.3 is 9.88 Å². The summed E-state index contributed by atoms with van der Waals surface area (Å²) in [4.78, 5) is 20.2. The number of aryl methyl sites for hydroxylation is 1. The van der Waals surface area contributed by atoms with Crippen LogP contribution in [0, 0.1) is 20.2 Å². The van der Waals surface area contributed by atoms with Gasteiger partial charge in [-0.3, -0.25) is 20.2 Å². The molecule has 20 heavy (non-hydrogen) atoms. The highest BCUT2D eigenvalue weighted by Crippen LogP contribution is 2.29. The van der Waals surface area contributed by atoms with Crippen LogP contribution in [0.2, 0.25) is 0 Å². The van der Waals surface area contributed by atoms with Crippen molar-refractivity contribution in [1.29, 1.82) is 0 Å². The van der Waals surface area contributed by atoms with Crippen LogP contribution in [0.1, 0.15) is 5.82 Å². The maximum Gasteiger partial charge on any atom is 0.299 e. The molecule has 0 radical (unpaired) electrons. The van der Waals surface area contributed by atoms with Gasteiger partial charge in [0.05, 0.1) is 22.5 Å². The number of nitrogens with zero attached hydrogens (tertiary/aromatic N) is 5. The van der Waals surface area contributed by atoms with Crippen LogP contribution in [0.15, 0.2) is 24.5 Å². The number of nitro benzene ring substituents is 2. The molecule has 1 heterocycles. The molecule has 10 nitrogen and oxygen atoms in total. The maximum atomic E-state index is 10.9. The van der Waals surface area contributed by atoms with Crippen LogP contribution in [0.5, 0.6) is 0 Å². The molecular formula is C10H10N6O4. The zero-order valence-corrected chi connectivity index (χ0v) is 10.4. The summed E-state index contributed by atoms with van der Waals surface area (Å²) in [6, 6.07) is 3.41. The summed E-state index contributed by atoms with van der Waals surface area (Å²) in [7, 11) is 1.74. The molecule has 0 aliphatic heterocycles. The molecule has 0 amide bonds. The SMILES string of the molecule is Cn1cnnc1CNc1ccc([N+](=O)[O-])cc1[N+](=O)[O-]. The monoisotopic (exact) mass is 278 g/mol. The fourth-order valence-corrected chi connectivity index (χ4v) is 1.58. The number of non-ortho nitro benzene ring substituents is 1. The van der Waals surface area contributed by atoms with Gasteiger partial charge in [0.15, 0.2) is 5.82 Å². The second-order valence-electron chi connectivity index (χ2n) is 3.93. The van der Waals surface area contributed by atoms with Crippen molar-refractivity contribution >= 4 is 17.1 Å². The molecule has 0 atom stereocenters. The molecule has 104 valence electrons. The lowest BCUT2D eigenvalue weighted by Gasteiger charge is -2.06. The van der Waals surface area contributed by atoms with Crippen LogP contribution in [-0.4, -0.2) is 24.6 Å². The van der Waals surface area contributed by atoms with E-state index in [9.17, 15) is 20.2 Å². The third-order valence-corrected chi connectivity index (χ3v) is 2.63. The van der Waals surface area contributed by atoms with E-state index in [0.717, 1.165) is 6.07 Å². The predicted octanol–water partition coefficient (Wildman–Crippen LogP) is 1.24. The van der Waals surface area contributed by atoms with Crippen LogP contribution in [0.25, 0.3) is 0 Å². The van der Waals surface area contributed by atoms with Crippen molar-refractivity contribution in [2.24, 2.45) is 7.05 Å². The summed E-state index contributed by atoms with van der Waals surface area (Å²) in [6.07, 6.45) is 1.50. The molecule has 0 saturated carbocycles. The molecule has 1 N–H and O–H groups in total. The molecular weight excluding hydrogens is 268 g/mol. The second-order valence-corrected chi connectivity index (χ2v) is 3.93. The summed E-state index contributed by atoms with van der Waals surface area (Å²) in [5.74, 6) is 0.581. The highest BCUT2D eigenvalue weighted by Gasteiger charge is 2.19. The molecule has 1 aromatic heterocycles. The number of rotatable bonds is 5. The van der Waals surface area contributed by atoms with E-state index in [2.05, 4.69) is 15.5 Å². The molecule has 0 bridgehead atoms. The number of nitro groups is 2. The minimum atomic E-state index is -0.681. The lowest BCUT2D eigenvalue weighted by Crippen LogP contribution is -2.07. The van der Waals surface area contributed by atoms with Crippen LogP contribution in [0.4, 0.5) is 17.1 Å². The van der Waals surface area contributed by atoms with Crippen LogP contribution in [-0.2, 0) is 13.6 Å². The molecule has 0 saturated heterocycles. The first kappa shape index (κ1) is 13.4. The van der Waals surface area contributed by atoms with Crippen LogP contribution in [0.3, 0.4) is 0 Å². The van der Waals surface area contributed by atoms with Crippen molar-refractivity contribution in [1.82, 2.24) is 14.8 Å². The topological polar surface area (TPSA) is 129 Å². The van der Waals surface area contributed by atoms with Crippen molar-refractivity contribution in [3.63, 3.8) is 0 Å². The summed E-state index contributed by atoms with van der Waals surface area (Å²) < 4.78 is 1.66. The van der Waals surface area contributed by atoms with Crippen molar-refractivity contribution < 1.29 is 9.85 Å². The van der Waals surface area contributed by atoms with Gasteiger partial charge in [-0.2, -0.15) is 0 Å². The van der Waals surface area contributed by atoms with E-state index < -0.39 is 9.85 Å². The van der Waals surface area contributed by atoms with E-state index in [1.807, 2.05) is 0 Å². The van der Waals surface area contributed by atoms with E-state index in [1.165, 1.54) is 18.5 Å². The summed E-state index contributed by atoms with van der Waals surface area (Å²) in [5, 5.41) is 31.9. The van der Waals surface area contributed by atoms with E-state index >= 15 is 0 Å². The number of benzene rings is 1. The fourth-order valence-electron chi connectivity index (χ4n) is 1.58. The number of aromatic nitrogens is 3.